The Morgan fingerprint density at radius 3 is 2.38 bits per heavy atom. The summed E-state index contributed by atoms with van der Waals surface area (Å²) in [5.41, 5.74) is 0.648. The average molecular weight is 353 g/mol. The van der Waals surface area contributed by atoms with E-state index in [0.717, 1.165) is 0 Å². The molecule has 2 rings (SSSR count). The number of carbonyl (C=O) groups excluding carboxylic acids is 1. The zero-order valence-electron chi connectivity index (χ0n) is 13.9. The SMILES string of the molecule is CNC(=O)CCSc1nnc(-c2cc(OC)c(OC)c(OC)c2)o1. The highest BCUT2D eigenvalue weighted by Gasteiger charge is 2.17. The minimum atomic E-state index is -0.0353. The van der Waals surface area contributed by atoms with Crippen molar-refractivity contribution in [2.45, 2.75) is 11.6 Å². The maximum atomic E-state index is 11.2. The molecular formula is C15H19N3O5S. The zero-order chi connectivity index (χ0) is 17.5. The van der Waals surface area contributed by atoms with Crippen LogP contribution in [0.2, 0.25) is 0 Å². The third-order valence-electron chi connectivity index (χ3n) is 3.15. The maximum Gasteiger partial charge on any atom is 0.276 e. The zero-order valence-corrected chi connectivity index (χ0v) is 14.7. The molecule has 1 heterocycles. The van der Waals surface area contributed by atoms with Gasteiger partial charge < -0.3 is 23.9 Å². The Morgan fingerprint density at radius 2 is 1.83 bits per heavy atom. The summed E-state index contributed by atoms with van der Waals surface area (Å²) < 4.78 is 21.5. The van der Waals surface area contributed by atoms with Gasteiger partial charge in [-0.2, -0.15) is 0 Å². The standard InChI is InChI=1S/C15H19N3O5S/c1-16-12(19)5-6-24-15-18-17-14(23-15)9-7-10(20-2)13(22-4)11(8-9)21-3/h7-8H,5-6H2,1-4H3,(H,16,19). The van der Waals surface area contributed by atoms with Gasteiger partial charge in [-0.25, -0.2) is 0 Å². The Bertz CT molecular complexity index is 679. The topological polar surface area (TPSA) is 95.7 Å². The van der Waals surface area contributed by atoms with E-state index in [1.54, 1.807) is 19.2 Å². The molecule has 0 aliphatic heterocycles. The van der Waals surface area contributed by atoms with Crippen LogP contribution in [-0.4, -0.2) is 50.2 Å². The number of benzene rings is 1. The van der Waals surface area contributed by atoms with E-state index in [2.05, 4.69) is 15.5 Å². The van der Waals surface area contributed by atoms with Crippen LogP contribution in [0.1, 0.15) is 6.42 Å². The van der Waals surface area contributed by atoms with Gasteiger partial charge in [0.1, 0.15) is 0 Å². The molecule has 0 fully saturated rings. The Kier molecular flexibility index (Phi) is 6.30. The number of hydrogen-bond acceptors (Lipinski definition) is 8. The number of methoxy groups -OCH3 is 3. The lowest BCUT2D eigenvalue weighted by Gasteiger charge is -2.12. The minimum absolute atomic E-state index is 0.0353. The number of thioether (sulfide) groups is 1. The molecule has 1 N–H and O–H groups in total. The molecule has 9 heteroatoms. The van der Waals surface area contributed by atoms with Crippen LogP contribution in [-0.2, 0) is 4.79 Å². The summed E-state index contributed by atoms with van der Waals surface area (Å²) in [5.74, 6) is 2.33. The second kappa shape index (κ2) is 8.44. The molecule has 0 aliphatic carbocycles. The Labute approximate surface area is 143 Å². The number of rotatable bonds is 8. The fraction of sp³-hybridized carbons (Fsp3) is 0.400. The highest BCUT2D eigenvalue weighted by atomic mass is 32.2. The highest BCUT2D eigenvalue weighted by Crippen LogP contribution is 2.41. The van der Waals surface area contributed by atoms with Crippen molar-refractivity contribution in [1.29, 1.82) is 0 Å². The molecule has 2 aromatic rings. The van der Waals surface area contributed by atoms with Gasteiger partial charge in [-0.15, -0.1) is 10.2 Å². The molecule has 0 spiro atoms. The molecule has 0 unspecified atom stereocenters. The minimum Gasteiger partial charge on any atom is -0.493 e. The molecule has 0 saturated carbocycles. The monoisotopic (exact) mass is 353 g/mol. The number of aromatic nitrogens is 2. The van der Waals surface area contributed by atoms with E-state index in [1.165, 1.54) is 33.1 Å². The molecule has 0 saturated heterocycles. The molecule has 0 bridgehead atoms. The van der Waals surface area contributed by atoms with E-state index in [4.69, 9.17) is 18.6 Å². The first-order chi connectivity index (χ1) is 11.6. The van der Waals surface area contributed by atoms with E-state index >= 15 is 0 Å². The number of hydrogen-bond donors (Lipinski definition) is 1. The second-order valence-corrected chi connectivity index (χ2v) is 5.60. The largest absolute Gasteiger partial charge is 0.493 e. The molecule has 24 heavy (non-hydrogen) atoms. The van der Waals surface area contributed by atoms with Crippen molar-refractivity contribution < 1.29 is 23.4 Å². The van der Waals surface area contributed by atoms with Gasteiger partial charge in [0.2, 0.25) is 17.5 Å². The number of nitrogens with one attached hydrogen (secondary N) is 1. The average Bonchev–Trinajstić information content (AvgIpc) is 3.08. The third-order valence-corrected chi connectivity index (χ3v) is 3.97. The van der Waals surface area contributed by atoms with Gasteiger partial charge in [0, 0.05) is 24.8 Å². The number of ether oxygens (including phenoxy) is 3. The first-order valence-corrected chi connectivity index (χ1v) is 8.08. The van der Waals surface area contributed by atoms with Crippen LogP contribution < -0.4 is 19.5 Å². The van der Waals surface area contributed by atoms with Gasteiger partial charge in [0.25, 0.3) is 5.22 Å². The molecule has 1 aromatic carbocycles. The summed E-state index contributed by atoms with van der Waals surface area (Å²) >= 11 is 1.32. The van der Waals surface area contributed by atoms with E-state index in [0.29, 0.717) is 46.1 Å². The molecule has 8 nitrogen and oxygen atoms in total. The van der Waals surface area contributed by atoms with E-state index in [9.17, 15) is 4.79 Å². The van der Waals surface area contributed by atoms with Crippen LogP contribution in [0.5, 0.6) is 17.2 Å². The fourth-order valence-electron chi connectivity index (χ4n) is 1.95. The first-order valence-electron chi connectivity index (χ1n) is 7.10. The Morgan fingerprint density at radius 1 is 1.17 bits per heavy atom. The number of nitrogens with zero attached hydrogens (tertiary/aromatic N) is 2. The predicted molar refractivity (Wildman–Crippen MR) is 88.8 cm³/mol. The predicted octanol–water partition coefficient (Wildman–Crippen LogP) is 1.99. The van der Waals surface area contributed by atoms with E-state index < -0.39 is 0 Å². The molecule has 1 aromatic heterocycles. The fourth-order valence-corrected chi connectivity index (χ4v) is 2.64. The second-order valence-electron chi connectivity index (χ2n) is 4.56. The van der Waals surface area contributed by atoms with Gasteiger partial charge in [-0.3, -0.25) is 4.79 Å². The first kappa shape index (κ1) is 17.9. The summed E-state index contributed by atoms with van der Waals surface area (Å²) in [7, 11) is 6.21. The van der Waals surface area contributed by atoms with Gasteiger partial charge in [-0.05, 0) is 12.1 Å². The lowest BCUT2D eigenvalue weighted by Crippen LogP contribution is -2.17. The maximum absolute atomic E-state index is 11.2. The number of carbonyl (C=O) groups is 1. The lowest BCUT2D eigenvalue weighted by atomic mass is 10.2. The summed E-state index contributed by atoms with van der Waals surface area (Å²) in [6.07, 6.45) is 0.378. The van der Waals surface area contributed by atoms with E-state index in [-0.39, 0.29) is 5.91 Å². The van der Waals surface area contributed by atoms with Crippen molar-refractivity contribution in [2.75, 3.05) is 34.1 Å². The normalized spacial score (nSPS) is 10.3. The Hall–Kier alpha value is -2.42. The number of amides is 1. The van der Waals surface area contributed by atoms with Crippen LogP contribution in [0.4, 0.5) is 0 Å². The summed E-state index contributed by atoms with van der Waals surface area (Å²) in [6, 6.07) is 3.46. The van der Waals surface area contributed by atoms with Crippen LogP contribution in [0.15, 0.2) is 21.8 Å². The molecule has 130 valence electrons. The smallest absolute Gasteiger partial charge is 0.276 e. The van der Waals surface area contributed by atoms with Gasteiger partial charge >= 0.3 is 0 Å². The molecular weight excluding hydrogens is 334 g/mol. The van der Waals surface area contributed by atoms with Crippen LogP contribution >= 0.6 is 11.8 Å². The molecule has 1 amide bonds. The van der Waals surface area contributed by atoms with E-state index in [1.807, 2.05) is 0 Å². The molecule has 0 aliphatic rings. The quantitative estimate of drug-likeness (QED) is 0.720. The van der Waals surface area contributed by atoms with Gasteiger partial charge in [0.15, 0.2) is 11.5 Å². The molecule has 0 radical (unpaired) electrons. The lowest BCUT2D eigenvalue weighted by molar-refractivity contribution is -0.120. The summed E-state index contributed by atoms with van der Waals surface area (Å²) in [5, 5.41) is 10.9. The van der Waals surface area contributed by atoms with Crippen LogP contribution in [0.3, 0.4) is 0 Å². The summed E-state index contributed by atoms with van der Waals surface area (Å²) in [4.78, 5) is 11.2. The van der Waals surface area contributed by atoms with Gasteiger partial charge in [-0.1, -0.05) is 11.8 Å². The van der Waals surface area contributed by atoms with Crippen molar-refractivity contribution in [3.05, 3.63) is 12.1 Å². The van der Waals surface area contributed by atoms with Crippen molar-refractivity contribution in [1.82, 2.24) is 15.5 Å². The Balaban J connectivity index is 2.18. The van der Waals surface area contributed by atoms with Gasteiger partial charge in [0.05, 0.1) is 21.3 Å². The third kappa shape index (κ3) is 4.10. The van der Waals surface area contributed by atoms with Crippen molar-refractivity contribution >= 4 is 17.7 Å². The molecule has 0 atom stereocenters. The van der Waals surface area contributed by atoms with Crippen molar-refractivity contribution in [3.8, 4) is 28.7 Å². The van der Waals surface area contributed by atoms with Crippen LogP contribution in [0.25, 0.3) is 11.5 Å². The summed E-state index contributed by atoms with van der Waals surface area (Å²) in [6.45, 7) is 0. The van der Waals surface area contributed by atoms with Crippen LogP contribution in [0, 0.1) is 0 Å². The van der Waals surface area contributed by atoms with Crippen molar-refractivity contribution in [2.24, 2.45) is 0 Å². The van der Waals surface area contributed by atoms with Crippen molar-refractivity contribution in [3.63, 3.8) is 0 Å². The highest BCUT2D eigenvalue weighted by molar-refractivity contribution is 7.99.